The molecule has 0 radical (unpaired) electrons. The van der Waals surface area contributed by atoms with Crippen molar-refractivity contribution in [2.75, 3.05) is 7.05 Å². The molecule has 9 heavy (non-hydrogen) atoms. The van der Waals surface area contributed by atoms with Crippen molar-refractivity contribution in [1.29, 1.82) is 0 Å². The third-order valence-corrected chi connectivity index (χ3v) is 1.31. The quantitative estimate of drug-likeness (QED) is 0.498. The molecular formula is C6H10N2O. The molecule has 0 aromatic carbocycles. The van der Waals surface area contributed by atoms with Crippen LogP contribution in [0.3, 0.4) is 0 Å². The molecule has 3 heteroatoms. The summed E-state index contributed by atoms with van der Waals surface area (Å²) in [5, 5.41) is 1.76. The molecule has 0 amide bonds. The second-order valence-electron chi connectivity index (χ2n) is 2.44. The zero-order valence-electron chi connectivity index (χ0n) is 5.59. The second kappa shape index (κ2) is 1.84. The third-order valence-electron chi connectivity index (χ3n) is 1.31. The lowest BCUT2D eigenvalue weighted by atomic mass is 10.1. The zero-order valence-corrected chi connectivity index (χ0v) is 5.59. The van der Waals surface area contributed by atoms with E-state index in [9.17, 15) is 4.79 Å². The Bertz CT molecular complexity index is 155. The topological polar surface area (TPSA) is 32.3 Å². The van der Waals surface area contributed by atoms with Crippen LogP contribution in [0.1, 0.15) is 6.92 Å². The summed E-state index contributed by atoms with van der Waals surface area (Å²) < 4.78 is 0. The maximum absolute atomic E-state index is 10.3. The minimum absolute atomic E-state index is 0.477. The summed E-state index contributed by atoms with van der Waals surface area (Å²) in [5.41, 5.74) is 2.46. The van der Waals surface area contributed by atoms with E-state index in [2.05, 4.69) is 5.43 Å². The summed E-state index contributed by atoms with van der Waals surface area (Å²) in [6.07, 6.45) is 4.53. The van der Waals surface area contributed by atoms with Crippen molar-refractivity contribution < 1.29 is 4.79 Å². The number of nitrogens with zero attached hydrogens (tertiary/aromatic N) is 1. The first-order valence-corrected chi connectivity index (χ1v) is 2.83. The Kier molecular flexibility index (Phi) is 1.29. The van der Waals surface area contributed by atoms with Crippen LogP contribution in [-0.2, 0) is 4.79 Å². The van der Waals surface area contributed by atoms with E-state index in [1.54, 1.807) is 5.01 Å². The van der Waals surface area contributed by atoms with E-state index in [4.69, 9.17) is 0 Å². The highest BCUT2D eigenvalue weighted by Gasteiger charge is 2.24. The molecule has 0 aromatic rings. The van der Waals surface area contributed by atoms with Gasteiger partial charge in [-0.3, -0.25) is 0 Å². The lowest BCUT2D eigenvalue weighted by Crippen LogP contribution is -2.43. The molecule has 0 aliphatic carbocycles. The molecule has 50 valence electrons. The highest BCUT2D eigenvalue weighted by Crippen LogP contribution is 2.08. The number of carbonyl (C=O) groups excluding carboxylic acids is 1. The molecule has 0 spiro atoms. The molecule has 1 aliphatic rings. The molecule has 1 aliphatic heterocycles. The lowest BCUT2D eigenvalue weighted by molar-refractivity contribution is -0.112. The fraction of sp³-hybridized carbons (Fsp3) is 0.500. The van der Waals surface area contributed by atoms with E-state index in [-0.39, 0.29) is 0 Å². The SMILES string of the molecule is CN1C=CC(C)(C=O)N1. The van der Waals surface area contributed by atoms with Crippen LogP contribution in [-0.4, -0.2) is 23.9 Å². The normalized spacial score (nSPS) is 33.3. The van der Waals surface area contributed by atoms with Crippen LogP contribution in [0.15, 0.2) is 12.3 Å². The van der Waals surface area contributed by atoms with Crippen molar-refractivity contribution >= 4 is 6.29 Å². The number of aldehydes is 1. The van der Waals surface area contributed by atoms with Crippen LogP contribution in [0.4, 0.5) is 0 Å². The molecule has 0 fully saturated rings. The van der Waals surface area contributed by atoms with E-state index in [0.29, 0.717) is 0 Å². The molecule has 0 bridgehead atoms. The largest absolute Gasteiger partial charge is 0.318 e. The molecular weight excluding hydrogens is 116 g/mol. The van der Waals surface area contributed by atoms with E-state index >= 15 is 0 Å². The highest BCUT2D eigenvalue weighted by molar-refractivity contribution is 5.67. The number of hydrazine groups is 1. The molecule has 1 atom stereocenters. The zero-order chi connectivity index (χ0) is 6.91. The van der Waals surface area contributed by atoms with E-state index in [0.717, 1.165) is 6.29 Å². The van der Waals surface area contributed by atoms with E-state index in [1.807, 2.05) is 26.2 Å². The predicted octanol–water partition coefficient (Wildman–Crippen LogP) is -0.0923. The van der Waals surface area contributed by atoms with Gasteiger partial charge < -0.3 is 9.80 Å². The number of nitrogens with one attached hydrogen (secondary N) is 1. The molecule has 1 unspecified atom stereocenters. The highest BCUT2D eigenvalue weighted by atomic mass is 16.1. The first-order chi connectivity index (χ1) is 4.16. The summed E-state index contributed by atoms with van der Waals surface area (Å²) in [6.45, 7) is 1.82. The van der Waals surface area contributed by atoms with E-state index in [1.165, 1.54) is 0 Å². The molecule has 0 saturated heterocycles. The van der Waals surface area contributed by atoms with Gasteiger partial charge in [0.25, 0.3) is 0 Å². The standard InChI is InChI=1S/C6H10N2O/c1-6(5-9)3-4-8(2)7-6/h3-5,7H,1-2H3. The molecule has 1 N–H and O–H groups in total. The minimum Gasteiger partial charge on any atom is -0.318 e. The predicted molar refractivity (Wildman–Crippen MR) is 34.5 cm³/mol. The summed E-state index contributed by atoms with van der Waals surface area (Å²) in [4.78, 5) is 10.3. The number of hydrogen-bond donors (Lipinski definition) is 1. The van der Waals surface area contributed by atoms with Gasteiger partial charge in [0.15, 0.2) is 0 Å². The van der Waals surface area contributed by atoms with Crippen LogP contribution < -0.4 is 5.43 Å². The average Bonchev–Trinajstić information content (AvgIpc) is 2.13. The Morgan fingerprint density at radius 2 is 2.44 bits per heavy atom. The Hall–Kier alpha value is -0.830. The van der Waals surface area contributed by atoms with Crippen LogP contribution in [0.25, 0.3) is 0 Å². The van der Waals surface area contributed by atoms with Gasteiger partial charge in [-0.2, -0.15) is 0 Å². The van der Waals surface area contributed by atoms with Gasteiger partial charge in [-0.25, -0.2) is 5.43 Å². The van der Waals surface area contributed by atoms with Crippen molar-refractivity contribution in [3.8, 4) is 0 Å². The Balaban J connectivity index is 2.67. The van der Waals surface area contributed by atoms with Gasteiger partial charge in [-0.15, -0.1) is 0 Å². The summed E-state index contributed by atoms with van der Waals surface area (Å²) in [5.74, 6) is 0. The van der Waals surface area contributed by atoms with Gasteiger partial charge in [0.2, 0.25) is 0 Å². The van der Waals surface area contributed by atoms with Gasteiger partial charge in [-0.1, -0.05) is 0 Å². The number of hydrogen-bond acceptors (Lipinski definition) is 3. The first-order valence-electron chi connectivity index (χ1n) is 2.83. The monoisotopic (exact) mass is 126 g/mol. The van der Waals surface area contributed by atoms with Crippen LogP contribution in [0, 0.1) is 0 Å². The second-order valence-corrected chi connectivity index (χ2v) is 2.44. The number of carbonyl (C=O) groups is 1. The fourth-order valence-corrected chi connectivity index (χ4v) is 0.787. The van der Waals surface area contributed by atoms with Crippen molar-refractivity contribution in [3.63, 3.8) is 0 Å². The first kappa shape index (κ1) is 6.29. The minimum atomic E-state index is -0.477. The maximum atomic E-state index is 10.3. The third kappa shape index (κ3) is 1.10. The van der Waals surface area contributed by atoms with Crippen LogP contribution in [0.2, 0.25) is 0 Å². The molecule has 1 heterocycles. The number of rotatable bonds is 1. The Labute approximate surface area is 54.3 Å². The summed E-state index contributed by atoms with van der Waals surface area (Å²) >= 11 is 0. The molecule has 0 saturated carbocycles. The van der Waals surface area contributed by atoms with Crippen LogP contribution >= 0.6 is 0 Å². The van der Waals surface area contributed by atoms with Crippen molar-refractivity contribution in [1.82, 2.24) is 10.4 Å². The van der Waals surface area contributed by atoms with Gasteiger partial charge >= 0.3 is 0 Å². The van der Waals surface area contributed by atoms with Crippen molar-refractivity contribution in [2.24, 2.45) is 0 Å². The van der Waals surface area contributed by atoms with Crippen LogP contribution in [0.5, 0.6) is 0 Å². The smallest absolute Gasteiger partial charge is 0.145 e. The molecule has 1 rings (SSSR count). The maximum Gasteiger partial charge on any atom is 0.145 e. The van der Waals surface area contributed by atoms with Gasteiger partial charge in [-0.05, 0) is 13.0 Å². The fourth-order valence-electron chi connectivity index (χ4n) is 0.787. The molecule has 3 nitrogen and oxygen atoms in total. The van der Waals surface area contributed by atoms with Gasteiger partial charge in [0.1, 0.15) is 11.8 Å². The van der Waals surface area contributed by atoms with E-state index < -0.39 is 5.54 Å². The van der Waals surface area contributed by atoms with Gasteiger partial charge in [0, 0.05) is 13.2 Å². The Morgan fingerprint density at radius 3 is 2.67 bits per heavy atom. The van der Waals surface area contributed by atoms with Crippen molar-refractivity contribution in [3.05, 3.63) is 12.3 Å². The van der Waals surface area contributed by atoms with Crippen molar-refractivity contribution in [2.45, 2.75) is 12.5 Å². The average molecular weight is 126 g/mol. The summed E-state index contributed by atoms with van der Waals surface area (Å²) in [6, 6.07) is 0. The van der Waals surface area contributed by atoms with Gasteiger partial charge in [0.05, 0.1) is 0 Å². The lowest BCUT2D eigenvalue weighted by Gasteiger charge is -2.18. The molecule has 0 aromatic heterocycles. The summed E-state index contributed by atoms with van der Waals surface area (Å²) in [7, 11) is 1.85. The Morgan fingerprint density at radius 1 is 1.78 bits per heavy atom.